The predicted molar refractivity (Wildman–Crippen MR) is 98.8 cm³/mol. The SMILES string of the molecule is Cl.Nc1ncc(CN2CCC(NS(=O)(=O)c3ccc(F)cc3)CC2)s1. The van der Waals surface area contributed by atoms with E-state index in [9.17, 15) is 12.8 Å². The van der Waals surface area contributed by atoms with E-state index in [4.69, 9.17) is 5.73 Å². The Morgan fingerprint density at radius 2 is 1.92 bits per heavy atom. The normalized spacial score (nSPS) is 16.5. The van der Waals surface area contributed by atoms with E-state index in [2.05, 4.69) is 14.6 Å². The van der Waals surface area contributed by atoms with Crippen molar-refractivity contribution in [3.63, 3.8) is 0 Å². The highest BCUT2D eigenvalue weighted by Gasteiger charge is 2.25. The molecule has 1 saturated heterocycles. The molecular weight excluding hydrogens is 387 g/mol. The van der Waals surface area contributed by atoms with E-state index in [1.165, 1.54) is 23.5 Å². The van der Waals surface area contributed by atoms with E-state index < -0.39 is 15.8 Å². The molecule has 6 nitrogen and oxygen atoms in total. The maximum atomic E-state index is 12.9. The summed E-state index contributed by atoms with van der Waals surface area (Å²) in [5, 5.41) is 0.562. The van der Waals surface area contributed by atoms with E-state index in [-0.39, 0.29) is 23.3 Å². The topological polar surface area (TPSA) is 88.3 Å². The van der Waals surface area contributed by atoms with Crippen molar-refractivity contribution in [2.75, 3.05) is 18.8 Å². The van der Waals surface area contributed by atoms with Gasteiger partial charge in [0.15, 0.2) is 5.13 Å². The van der Waals surface area contributed by atoms with E-state index >= 15 is 0 Å². The Morgan fingerprint density at radius 3 is 2.48 bits per heavy atom. The van der Waals surface area contributed by atoms with Crippen molar-refractivity contribution in [2.45, 2.75) is 30.3 Å². The minimum Gasteiger partial charge on any atom is -0.375 e. The number of thiazole rings is 1. The summed E-state index contributed by atoms with van der Waals surface area (Å²) in [6, 6.07) is 4.75. The maximum absolute atomic E-state index is 12.9. The molecule has 0 unspecified atom stereocenters. The highest BCUT2D eigenvalue weighted by molar-refractivity contribution is 7.89. The van der Waals surface area contributed by atoms with Crippen molar-refractivity contribution in [2.24, 2.45) is 0 Å². The van der Waals surface area contributed by atoms with Crippen LogP contribution in [0.1, 0.15) is 17.7 Å². The number of aromatic nitrogens is 1. The number of nitrogens with two attached hydrogens (primary N) is 1. The lowest BCUT2D eigenvalue weighted by atomic mass is 10.1. The molecule has 0 amide bonds. The van der Waals surface area contributed by atoms with Gasteiger partial charge in [0.2, 0.25) is 10.0 Å². The molecule has 0 spiro atoms. The largest absolute Gasteiger partial charge is 0.375 e. The number of hydrogen-bond acceptors (Lipinski definition) is 6. The summed E-state index contributed by atoms with van der Waals surface area (Å²) in [6.07, 6.45) is 3.24. The molecule has 1 fully saturated rings. The fourth-order valence-corrected chi connectivity index (χ4v) is 4.76. The lowest BCUT2D eigenvalue weighted by Gasteiger charge is -2.31. The third-order valence-corrected chi connectivity index (χ3v) is 6.33. The molecule has 0 atom stereocenters. The molecule has 0 aliphatic carbocycles. The number of nitrogens with zero attached hydrogens (tertiary/aromatic N) is 2. The van der Waals surface area contributed by atoms with E-state index in [1.54, 1.807) is 6.20 Å². The number of nitrogens with one attached hydrogen (secondary N) is 1. The highest BCUT2D eigenvalue weighted by atomic mass is 35.5. The quantitative estimate of drug-likeness (QED) is 0.794. The van der Waals surface area contributed by atoms with Gasteiger partial charge < -0.3 is 5.73 Å². The molecule has 3 N–H and O–H groups in total. The van der Waals surface area contributed by atoms with Crippen molar-refractivity contribution in [1.82, 2.24) is 14.6 Å². The number of benzene rings is 1. The van der Waals surface area contributed by atoms with Gasteiger partial charge in [-0.25, -0.2) is 22.5 Å². The number of anilines is 1. The van der Waals surface area contributed by atoms with Crippen LogP contribution in [0.5, 0.6) is 0 Å². The van der Waals surface area contributed by atoms with Crippen LogP contribution in [0, 0.1) is 5.82 Å². The van der Waals surface area contributed by atoms with Crippen LogP contribution in [0.3, 0.4) is 0 Å². The first-order valence-corrected chi connectivity index (χ1v) is 9.93. The highest BCUT2D eigenvalue weighted by Crippen LogP contribution is 2.20. The van der Waals surface area contributed by atoms with Gasteiger partial charge in [-0.2, -0.15) is 0 Å². The number of halogens is 2. The third-order valence-electron chi connectivity index (χ3n) is 3.98. The maximum Gasteiger partial charge on any atom is 0.240 e. The Labute approximate surface area is 156 Å². The van der Waals surface area contributed by atoms with Gasteiger partial charge in [0, 0.05) is 36.8 Å². The van der Waals surface area contributed by atoms with E-state index in [0.717, 1.165) is 49.5 Å². The van der Waals surface area contributed by atoms with Gasteiger partial charge in [-0.3, -0.25) is 4.90 Å². The van der Waals surface area contributed by atoms with E-state index in [0.29, 0.717) is 5.13 Å². The zero-order chi connectivity index (χ0) is 17.2. The summed E-state index contributed by atoms with van der Waals surface area (Å²) in [5.41, 5.74) is 5.63. The second kappa shape index (κ2) is 8.41. The lowest BCUT2D eigenvalue weighted by molar-refractivity contribution is 0.201. The monoisotopic (exact) mass is 406 g/mol. The van der Waals surface area contributed by atoms with Gasteiger partial charge in [-0.15, -0.1) is 23.7 Å². The molecule has 138 valence electrons. The van der Waals surface area contributed by atoms with Gasteiger partial charge in [0.05, 0.1) is 4.90 Å². The minimum atomic E-state index is -3.61. The fraction of sp³-hybridized carbons (Fsp3) is 0.400. The molecule has 25 heavy (non-hydrogen) atoms. The smallest absolute Gasteiger partial charge is 0.240 e. The van der Waals surface area contributed by atoms with Crippen molar-refractivity contribution >= 4 is 38.9 Å². The molecule has 0 bridgehead atoms. The number of piperidine rings is 1. The third kappa shape index (κ3) is 5.35. The van der Waals surface area contributed by atoms with Crippen LogP contribution < -0.4 is 10.5 Å². The second-order valence-electron chi connectivity index (χ2n) is 5.79. The molecule has 0 saturated carbocycles. The van der Waals surface area contributed by atoms with Crippen LogP contribution in [0.4, 0.5) is 9.52 Å². The Hall–Kier alpha value is -1.26. The molecule has 2 aromatic rings. The van der Waals surface area contributed by atoms with Gasteiger partial charge in [-0.05, 0) is 37.1 Å². The number of sulfonamides is 1. The van der Waals surface area contributed by atoms with Gasteiger partial charge >= 0.3 is 0 Å². The first kappa shape index (κ1) is 20.1. The fourth-order valence-electron chi connectivity index (χ4n) is 2.73. The van der Waals surface area contributed by atoms with Crippen molar-refractivity contribution in [3.05, 3.63) is 41.2 Å². The van der Waals surface area contributed by atoms with Gasteiger partial charge in [0.25, 0.3) is 0 Å². The molecule has 1 aliphatic rings. The van der Waals surface area contributed by atoms with Crippen LogP contribution in [0.2, 0.25) is 0 Å². The number of hydrogen-bond donors (Lipinski definition) is 2. The zero-order valence-electron chi connectivity index (χ0n) is 13.4. The Morgan fingerprint density at radius 1 is 1.28 bits per heavy atom. The van der Waals surface area contributed by atoms with Gasteiger partial charge in [-0.1, -0.05) is 0 Å². The summed E-state index contributed by atoms with van der Waals surface area (Å²) in [7, 11) is -3.61. The summed E-state index contributed by atoms with van der Waals surface area (Å²) in [5.74, 6) is -0.453. The molecule has 10 heteroatoms. The molecule has 1 aromatic heterocycles. The minimum absolute atomic E-state index is 0. The Kier molecular flexibility index (Phi) is 6.75. The van der Waals surface area contributed by atoms with Crippen molar-refractivity contribution < 1.29 is 12.8 Å². The van der Waals surface area contributed by atoms with Crippen LogP contribution in [-0.4, -0.2) is 37.4 Å². The lowest BCUT2D eigenvalue weighted by Crippen LogP contribution is -2.44. The standard InChI is InChI=1S/C15H19FN4O2S2.ClH/c16-11-1-3-14(4-2-11)24(21,22)19-12-5-7-20(8-6-12)10-13-9-18-15(17)23-13;/h1-4,9,12,19H,5-8,10H2,(H2,17,18);1H. The first-order valence-electron chi connectivity index (χ1n) is 7.63. The van der Waals surface area contributed by atoms with E-state index in [1.807, 2.05) is 0 Å². The number of rotatable bonds is 5. The first-order chi connectivity index (χ1) is 11.4. The molecule has 2 heterocycles. The van der Waals surface area contributed by atoms with Crippen molar-refractivity contribution in [3.8, 4) is 0 Å². The summed E-state index contributed by atoms with van der Waals surface area (Å²) < 4.78 is 40.3. The van der Waals surface area contributed by atoms with Crippen LogP contribution >= 0.6 is 23.7 Å². The van der Waals surface area contributed by atoms with Crippen LogP contribution in [0.15, 0.2) is 35.4 Å². The number of likely N-dealkylation sites (tertiary alicyclic amines) is 1. The van der Waals surface area contributed by atoms with Gasteiger partial charge in [0.1, 0.15) is 5.82 Å². The Bertz CT molecular complexity index is 790. The average Bonchev–Trinajstić information content (AvgIpc) is 2.94. The van der Waals surface area contributed by atoms with Crippen LogP contribution in [0.25, 0.3) is 0 Å². The summed E-state index contributed by atoms with van der Waals surface area (Å²) in [6.45, 7) is 2.38. The zero-order valence-corrected chi connectivity index (χ0v) is 15.8. The summed E-state index contributed by atoms with van der Waals surface area (Å²) in [4.78, 5) is 7.49. The Balaban J connectivity index is 0.00000225. The second-order valence-corrected chi connectivity index (χ2v) is 8.65. The number of nitrogen functional groups attached to an aromatic ring is 1. The average molecular weight is 407 g/mol. The molecular formula is C15H20ClFN4O2S2. The summed E-state index contributed by atoms with van der Waals surface area (Å²) >= 11 is 1.47. The molecule has 0 radical (unpaired) electrons. The predicted octanol–water partition coefficient (Wildman–Crippen LogP) is 2.23. The molecule has 1 aliphatic heterocycles. The molecule has 1 aromatic carbocycles. The van der Waals surface area contributed by atoms with Crippen LogP contribution in [-0.2, 0) is 16.6 Å². The molecule has 3 rings (SSSR count). The van der Waals surface area contributed by atoms with Crippen molar-refractivity contribution in [1.29, 1.82) is 0 Å².